The fourth-order valence-corrected chi connectivity index (χ4v) is 6.92. The molecule has 2 aromatic rings. The van der Waals surface area contributed by atoms with Gasteiger partial charge in [0.25, 0.3) is 0 Å². The topological polar surface area (TPSA) is 69.7 Å². The van der Waals surface area contributed by atoms with E-state index in [9.17, 15) is 18.8 Å². The number of carbonyl (C=O) groups is 3. The number of carbonyl (C=O) groups excluding carboxylic acids is 3. The number of hydrogen-bond acceptors (Lipinski definition) is 4. The molecule has 4 rings (SSSR count). The van der Waals surface area contributed by atoms with Crippen molar-refractivity contribution in [1.29, 1.82) is 0 Å². The molecule has 3 amide bonds. The highest BCUT2D eigenvalue weighted by Gasteiger charge is 2.36. The number of nitrogens with one attached hydrogen (secondary N) is 1. The van der Waals surface area contributed by atoms with Gasteiger partial charge in [0.1, 0.15) is 5.67 Å². The molecule has 2 aromatic carbocycles. The number of nitrogens with zero attached hydrogens (tertiary/aromatic N) is 2. The van der Waals surface area contributed by atoms with Crippen LogP contribution in [0.4, 0.5) is 4.39 Å². The summed E-state index contributed by atoms with van der Waals surface area (Å²) in [6.07, 6.45) is 8.26. The monoisotopic (exact) mass is 681 g/mol. The maximum absolute atomic E-state index is 14.7. The van der Waals surface area contributed by atoms with E-state index < -0.39 is 5.67 Å². The summed E-state index contributed by atoms with van der Waals surface area (Å²) in [5, 5.41) is 3.29. The smallest absolute Gasteiger partial charge is 0.230 e. The van der Waals surface area contributed by atoms with Crippen LogP contribution in [0.3, 0.4) is 0 Å². The van der Waals surface area contributed by atoms with Gasteiger partial charge in [0, 0.05) is 36.3 Å². The van der Waals surface area contributed by atoms with Crippen LogP contribution in [0.15, 0.2) is 71.7 Å². The Kier molecular flexibility index (Phi) is 13.4. The minimum atomic E-state index is -1.37. The SMILES string of the molecule is C=CC1(F)CCC(C(=O)N[C@@H](CCN2CCC(=O)N(Cc3ccc(Br)cc3)C(=O)CCC(CCC)CC2)c2ccccc2)CC1. The molecule has 1 heterocycles. The second-order valence-corrected chi connectivity index (χ2v) is 13.8. The van der Waals surface area contributed by atoms with E-state index in [-0.39, 0.29) is 42.6 Å². The van der Waals surface area contributed by atoms with Gasteiger partial charge < -0.3 is 10.2 Å². The molecule has 1 aliphatic heterocycles. The molecule has 244 valence electrons. The Morgan fingerprint density at radius 3 is 2.38 bits per heavy atom. The van der Waals surface area contributed by atoms with Crippen molar-refractivity contribution < 1.29 is 18.8 Å². The predicted molar refractivity (Wildman–Crippen MR) is 181 cm³/mol. The molecule has 2 atom stereocenters. The first-order valence-corrected chi connectivity index (χ1v) is 17.5. The lowest BCUT2D eigenvalue weighted by atomic mass is 9.79. The van der Waals surface area contributed by atoms with Crippen LogP contribution in [-0.4, -0.2) is 52.8 Å². The number of imide groups is 1. The molecule has 0 spiro atoms. The maximum Gasteiger partial charge on any atom is 0.230 e. The fraction of sp³-hybridized carbons (Fsp3) is 0.541. The molecule has 1 N–H and O–H groups in total. The van der Waals surface area contributed by atoms with Gasteiger partial charge in [0.2, 0.25) is 17.7 Å². The molecule has 6 nitrogen and oxygen atoms in total. The van der Waals surface area contributed by atoms with Crippen molar-refractivity contribution in [3.63, 3.8) is 0 Å². The second kappa shape index (κ2) is 17.2. The van der Waals surface area contributed by atoms with E-state index >= 15 is 0 Å². The van der Waals surface area contributed by atoms with Gasteiger partial charge in [-0.15, -0.1) is 0 Å². The number of alkyl halides is 1. The molecular formula is C37H49BrFN3O3. The Bertz CT molecular complexity index is 1260. The Morgan fingerprint density at radius 1 is 1.02 bits per heavy atom. The van der Waals surface area contributed by atoms with E-state index in [1.807, 2.05) is 54.6 Å². The molecule has 0 aromatic heterocycles. The summed E-state index contributed by atoms with van der Waals surface area (Å²) < 4.78 is 15.7. The van der Waals surface area contributed by atoms with Crippen molar-refractivity contribution in [2.75, 3.05) is 19.6 Å². The standard InChI is InChI=1S/C37H49BrFN3O3/c1-3-8-28-13-16-34(43)42(27-29-11-14-32(38)15-12-29)35(44)21-26-41(24-19-28)25-20-33(30-9-6-5-7-10-30)40-36(45)31-17-22-37(39,4-2)23-18-31/h4-7,9-12,14-15,28,31,33H,2-3,8,13,16-27H2,1H3,(H,40,45)/t28?,31?,33-,37?/m0/s1. The Labute approximate surface area is 276 Å². The minimum Gasteiger partial charge on any atom is -0.349 e. The lowest BCUT2D eigenvalue weighted by Crippen LogP contribution is -2.40. The molecular weight excluding hydrogens is 633 g/mol. The van der Waals surface area contributed by atoms with Crippen molar-refractivity contribution in [1.82, 2.24) is 15.1 Å². The molecule has 8 heteroatoms. The van der Waals surface area contributed by atoms with Crippen LogP contribution in [0.2, 0.25) is 0 Å². The summed E-state index contributed by atoms with van der Waals surface area (Å²) in [4.78, 5) is 44.0. The number of allylic oxidation sites excluding steroid dienone is 1. The maximum atomic E-state index is 14.7. The summed E-state index contributed by atoms with van der Waals surface area (Å²) in [7, 11) is 0. The van der Waals surface area contributed by atoms with Gasteiger partial charge in [-0.2, -0.15) is 0 Å². The third-order valence-corrected chi connectivity index (χ3v) is 10.1. The van der Waals surface area contributed by atoms with Gasteiger partial charge in [-0.3, -0.25) is 19.3 Å². The van der Waals surface area contributed by atoms with E-state index in [2.05, 4.69) is 39.6 Å². The van der Waals surface area contributed by atoms with E-state index in [0.717, 1.165) is 47.8 Å². The number of rotatable bonds is 11. The van der Waals surface area contributed by atoms with Gasteiger partial charge in [-0.1, -0.05) is 90.8 Å². The van der Waals surface area contributed by atoms with E-state index in [0.29, 0.717) is 57.5 Å². The zero-order valence-corrected chi connectivity index (χ0v) is 28.3. The average molecular weight is 683 g/mol. The van der Waals surface area contributed by atoms with Crippen LogP contribution in [0, 0.1) is 11.8 Å². The van der Waals surface area contributed by atoms with Gasteiger partial charge in [0.15, 0.2) is 0 Å². The van der Waals surface area contributed by atoms with Gasteiger partial charge in [0.05, 0.1) is 12.6 Å². The third kappa shape index (κ3) is 10.6. The number of hydrogen-bond donors (Lipinski definition) is 1. The number of benzene rings is 2. The predicted octanol–water partition coefficient (Wildman–Crippen LogP) is 7.93. The minimum absolute atomic E-state index is 0.0207. The molecule has 45 heavy (non-hydrogen) atoms. The van der Waals surface area contributed by atoms with Crippen molar-refractivity contribution in [2.24, 2.45) is 11.8 Å². The Balaban J connectivity index is 1.45. The quantitative estimate of drug-likeness (QED) is 0.193. The summed E-state index contributed by atoms with van der Waals surface area (Å²) in [6.45, 7) is 8.21. The highest BCUT2D eigenvalue weighted by atomic mass is 79.9. The summed E-state index contributed by atoms with van der Waals surface area (Å²) >= 11 is 3.46. The molecule has 2 fully saturated rings. The zero-order chi connectivity index (χ0) is 32.2. The van der Waals surface area contributed by atoms with Crippen molar-refractivity contribution in [3.05, 3.63) is 82.9 Å². The van der Waals surface area contributed by atoms with E-state index in [4.69, 9.17) is 0 Å². The van der Waals surface area contributed by atoms with E-state index in [1.165, 1.54) is 11.0 Å². The third-order valence-electron chi connectivity index (χ3n) is 9.62. The highest BCUT2D eigenvalue weighted by molar-refractivity contribution is 9.10. The number of halogens is 2. The first kappa shape index (κ1) is 35.0. The van der Waals surface area contributed by atoms with Crippen LogP contribution in [0.5, 0.6) is 0 Å². The van der Waals surface area contributed by atoms with Crippen LogP contribution in [0.25, 0.3) is 0 Å². The summed E-state index contributed by atoms with van der Waals surface area (Å²) in [5.41, 5.74) is 0.595. The van der Waals surface area contributed by atoms with E-state index in [1.54, 1.807) is 0 Å². The highest BCUT2D eigenvalue weighted by Crippen LogP contribution is 2.36. The largest absolute Gasteiger partial charge is 0.349 e. The average Bonchev–Trinajstić information content (AvgIpc) is 3.07. The van der Waals surface area contributed by atoms with Crippen molar-refractivity contribution in [2.45, 2.75) is 95.8 Å². The van der Waals surface area contributed by atoms with Crippen LogP contribution in [-0.2, 0) is 20.9 Å². The van der Waals surface area contributed by atoms with Gasteiger partial charge in [-0.05, 0) is 80.7 Å². The Morgan fingerprint density at radius 2 is 1.71 bits per heavy atom. The molecule has 1 saturated heterocycles. The first-order valence-electron chi connectivity index (χ1n) is 16.7. The number of amides is 3. The van der Waals surface area contributed by atoms with Crippen LogP contribution < -0.4 is 5.32 Å². The molecule has 0 radical (unpaired) electrons. The Hall–Kier alpha value is -2.84. The summed E-state index contributed by atoms with van der Waals surface area (Å²) in [6, 6.07) is 17.6. The van der Waals surface area contributed by atoms with Crippen LogP contribution >= 0.6 is 15.9 Å². The fourth-order valence-electron chi connectivity index (χ4n) is 6.65. The molecule has 2 aliphatic rings. The van der Waals surface area contributed by atoms with Gasteiger partial charge in [-0.25, -0.2) is 4.39 Å². The lowest BCUT2D eigenvalue weighted by molar-refractivity contribution is -0.146. The summed E-state index contributed by atoms with van der Waals surface area (Å²) in [5.74, 6) is -0.0499. The first-order chi connectivity index (χ1) is 21.7. The normalized spacial score (nSPS) is 24.5. The second-order valence-electron chi connectivity index (χ2n) is 12.8. The molecule has 1 aliphatic carbocycles. The van der Waals surface area contributed by atoms with Gasteiger partial charge >= 0.3 is 0 Å². The van der Waals surface area contributed by atoms with Crippen molar-refractivity contribution in [3.8, 4) is 0 Å². The van der Waals surface area contributed by atoms with Crippen molar-refractivity contribution >= 4 is 33.7 Å². The van der Waals surface area contributed by atoms with Crippen LogP contribution in [0.1, 0.15) is 94.7 Å². The molecule has 0 bridgehead atoms. The molecule has 1 saturated carbocycles. The lowest BCUT2D eigenvalue weighted by Gasteiger charge is -2.32. The molecule has 1 unspecified atom stereocenters. The zero-order valence-electron chi connectivity index (χ0n) is 26.7.